The van der Waals surface area contributed by atoms with Crippen LogP contribution in [0.1, 0.15) is 58.8 Å². The molecule has 12 heteroatoms. The van der Waals surface area contributed by atoms with Crippen molar-refractivity contribution in [3.63, 3.8) is 0 Å². The number of likely N-dealkylation sites (tertiary alicyclic amines) is 1. The molecular formula is C31H35N9O3. The molecule has 4 heterocycles. The van der Waals surface area contributed by atoms with E-state index in [2.05, 4.69) is 37.1 Å². The molecule has 222 valence electrons. The Labute approximate surface area is 249 Å². The van der Waals surface area contributed by atoms with Gasteiger partial charge in [0, 0.05) is 31.9 Å². The summed E-state index contributed by atoms with van der Waals surface area (Å²) in [6.07, 6.45) is 7.28. The Morgan fingerprint density at radius 1 is 1.12 bits per heavy atom. The van der Waals surface area contributed by atoms with Crippen LogP contribution in [-0.4, -0.2) is 57.9 Å². The van der Waals surface area contributed by atoms with Gasteiger partial charge in [-0.1, -0.05) is 12.1 Å². The lowest BCUT2D eigenvalue weighted by molar-refractivity contribution is 0.0697. The Kier molecular flexibility index (Phi) is 8.85. The summed E-state index contributed by atoms with van der Waals surface area (Å²) < 4.78 is 12.3. The molecule has 5 aromatic rings. The van der Waals surface area contributed by atoms with Crippen LogP contribution in [0.25, 0.3) is 11.0 Å². The van der Waals surface area contributed by atoms with E-state index in [0.717, 1.165) is 66.5 Å². The number of carboxylic acid groups (broad SMARTS) is 1. The molecule has 0 radical (unpaired) electrons. The van der Waals surface area contributed by atoms with Crippen molar-refractivity contribution in [2.75, 3.05) is 13.1 Å². The van der Waals surface area contributed by atoms with Crippen LogP contribution in [0.4, 0.5) is 0 Å². The first-order chi connectivity index (χ1) is 20.5. The molecule has 3 aromatic heterocycles. The molecule has 12 nitrogen and oxygen atoms in total. The van der Waals surface area contributed by atoms with Gasteiger partial charge in [0.2, 0.25) is 5.88 Å². The highest BCUT2D eigenvalue weighted by Gasteiger charge is 2.25. The van der Waals surface area contributed by atoms with E-state index in [1.807, 2.05) is 35.4 Å². The molecule has 0 amide bonds. The van der Waals surface area contributed by atoms with Crippen LogP contribution in [0.5, 0.6) is 5.88 Å². The topological polar surface area (TPSA) is 162 Å². The van der Waals surface area contributed by atoms with E-state index < -0.39 is 5.97 Å². The third-order valence-corrected chi connectivity index (χ3v) is 7.91. The number of imidazole rings is 2. The van der Waals surface area contributed by atoms with E-state index in [4.69, 9.17) is 15.0 Å². The minimum absolute atomic E-state index is 0. The quantitative estimate of drug-likeness (QED) is 0.239. The Morgan fingerprint density at radius 3 is 2.63 bits per heavy atom. The molecule has 0 aliphatic carbocycles. The second-order valence-electron chi connectivity index (χ2n) is 10.5. The number of aromatic nitrogens is 6. The normalized spacial score (nSPS) is 14.0. The third kappa shape index (κ3) is 6.28. The Bertz CT molecular complexity index is 1740. The van der Waals surface area contributed by atoms with E-state index in [9.17, 15) is 9.90 Å². The van der Waals surface area contributed by atoms with Crippen LogP contribution in [0.3, 0.4) is 0 Å². The third-order valence-electron chi connectivity index (χ3n) is 7.91. The van der Waals surface area contributed by atoms with Gasteiger partial charge in [-0.25, -0.2) is 19.4 Å². The fourth-order valence-corrected chi connectivity index (χ4v) is 5.57. The second kappa shape index (κ2) is 12.9. The van der Waals surface area contributed by atoms with Gasteiger partial charge in [0.05, 0.1) is 65.6 Å². The van der Waals surface area contributed by atoms with Crippen molar-refractivity contribution in [3.05, 3.63) is 95.5 Å². The van der Waals surface area contributed by atoms with Crippen LogP contribution in [0, 0.1) is 11.3 Å². The van der Waals surface area contributed by atoms with Gasteiger partial charge in [-0.3, -0.25) is 4.90 Å². The Hall–Kier alpha value is -4.99. The zero-order valence-electron chi connectivity index (χ0n) is 24.1. The number of nitriles is 1. The average Bonchev–Trinajstić information content (AvgIpc) is 3.76. The van der Waals surface area contributed by atoms with Gasteiger partial charge in [-0.15, -0.1) is 0 Å². The molecule has 0 saturated carbocycles. The molecule has 1 aliphatic rings. The number of rotatable bonds is 10. The highest BCUT2D eigenvalue weighted by Crippen LogP contribution is 2.29. The molecule has 0 atom stereocenters. The lowest BCUT2D eigenvalue weighted by Crippen LogP contribution is -2.35. The number of carbonyl (C=O) groups is 1. The number of nitrogens with zero attached hydrogens (tertiary/aromatic N) is 8. The summed E-state index contributed by atoms with van der Waals surface area (Å²) >= 11 is 0. The van der Waals surface area contributed by atoms with Crippen molar-refractivity contribution >= 4 is 17.0 Å². The number of benzene rings is 2. The van der Waals surface area contributed by atoms with Crippen LogP contribution < -0.4 is 10.9 Å². The average molecular weight is 582 g/mol. The molecule has 2 aromatic carbocycles. The minimum atomic E-state index is -0.953. The number of ether oxygens (including phenoxy) is 1. The standard InChI is InChI=1S/C31H32N8O3.H3N/c1-2-37-21-33-17-26(37)18-38-28-15-24(31(40)41)7-8-27(28)35-29(38)19-36-13-10-25(11-14-36)39-30(9-12-34-39)42-20-23-5-3-22(16-32)4-6-23;/h3-9,12,15,17,21,25H,2,10-11,13-14,18-20H2,1H3,(H,40,41);1H3. The molecule has 6 rings (SSSR count). The van der Waals surface area contributed by atoms with E-state index in [0.29, 0.717) is 25.3 Å². The second-order valence-corrected chi connectivity index (χ2v) is 10.5. The summed E-state index contributed by atoms with van der Waals surface area (Å²) in [7, 11) is 0. The maximum absolute atomic E-state index is 11.7. The smallest absolute Gasteiger partial charge is 0.335 e. The largest absolute Gasteiger partial charge is 0.478 e. The van der Waals surface area contributed by atoms with Gasteiger partial charge in [0.25, 0.3) is 0 Å². The van der Waals surface area contributed by atoms with Gasteiger partial charge in [-0.05, 0) is 55.7 Å². The molecule has 0 bridgehead atoms. The number of fused-ring (bicyclic) bond motifs is 1. The monoisotopic (exact) mass is 581 g/mol. The summed E-state index contributed by atoms with van der Waals surface area (Å²) in [5, 5.41) is 23.2. The predicted octanol–water partition coefficient (Wildman–Crippen LogP) is 4.65. The maximum Gasteiger partial charge on any atom is 0.335 e. The van der Waals surface area contributed by atoms with Crippen LogP contribution in [0.2, 0.25) is 0 Å². The van der Waals surface area contributed by atoms with Crippen molar-refractivity contribution < 1.29 is 14.6 Å². The lowest BCUT2D eigenvalue weighted by atomic mass is 10.1. The molecule has 43 heavy (non-hydrogen) atoms. The first kappa shape index (κ1) is 29.5. The molecule has 0 spiro atoms. The van der Waals surface area contributed by atoms with Gasteiger partial charge < -0.3 is 25.1 Å². The molecular weight excluding hydrogens is 546 g/mol. The maximum atomic E-state index is 11.7. The SMILES string of the molecule is CCn1cncc1Cn1c(CN2CCC(n3nccc3OCc3ccc(C#N)cc3)CC2)nc2ccc(C(=O)O)cc21.N. The van der Waals surface area contributed by atoms with Gasteiger partial charge in [-0.2, -0.15) is 10.4 Å². The highest BCUT2D eigenvalue weighted by molar-refractivity contribution is 5.92. The number of carboxylic acids is 1. The van der Waals surface area contributed by atoms with E-state index in [-0.39, 0.29) is 17.8 Å². The summed E-state index contributed by atoms with van der Waals surface area (Å²) in [5.74, 6) is 0.687. The molecule has 1 saturated heterocycles. The summed E-state index contributed by atoms with van der Waals surface area (Å²) in [5.41, 5.74) is 4.51. The first-order valence-electron chi connectivity index (χ1n) is 14.1. The van der Waals surface area contributed by atoms with Crippen LogP contribution in [0.15, 0.2) is 67.3 Å². The highest BCUT2D eigenvalue weighted by atomic mass is 16.5. The number of aromatic carboxylic acids is 1. The van der Waals surface area contributed by atoms with Crippen molar-refractivity contribution in [1.82, 2.24) is 39.9 Å². The zero-order valence-corrected chi connectivity index (χ0v) is 24.1. The zero-order chi connectivity index (χ0) is 29.1. The fraction of sp³-hybridized carbons (Fsp3) is 0.323. The molecule has 0 unspecified atom stereocenters. The van der Waals surface area contributed by atoms with Gasteiger partial charge in [0.1, 0.15) is 12.4 Å². The minimum Gasteiger partial charge on any atom is -0.478 e. The lowest BCUT2D eigenvalue weighted by Gasteiger charge is -2.32. The summed E-state index contributed by atoms with van der Waals surface area (Å²) in [6.45, 7) is 6.25. The van der Waals surface area contributed by atoms with E-state index in [1.54, 1.807) is 36.5 Å². The molecule has 4 N–H and O–H groups in total. The van der Waals surface area contributed by atoms with Crippen LogP contribution >= 0.6 is 0 Å². The number of piperidine rings is 1. The van der Waals surface area contributed by atoms with E-state index >= 15 is 0 Å². The fourth-order valence-electron chi connectivity index (χ4n) is 5.57. The Balaban J connectivity index is 0.00000368. The summed E-state index contributed by atoms with van der Waals surface area (Å²) in [6, 6.07) is 16.8. The van der Waals surface area contributed by atoms with Gasteiger partial charge >= 0.3 is 5.97 Å². The first-order valence-corrected chi connectivity index (χ1v) is 14.1. The molecule has 1 aliphatic heterocycles. The Morgan fingerprint density at radius 2 is 1.91 bits per heavy atom. The van der Waals surface area contributed by atoms with Gasteiger partial charge in [0.15, 0.2) is 0 Å². The number of aryl methyl sites for hydroxylation is 1. The number of hydrogen-bond donors (Lipinski definition) is 2. The number of hydrogen-bond acceptors (Lipinski definition) is 8. The van der Waals surface area contributed by atoms with Crippen molar-refractivity contribution in [2.24, 2.45) is 0 Å². The summed E-state index contributed by atoms with van der Waals surface area (Å²) in [4.78, 5) is 23.4. The van der Waals surface area contributed by atoms with Crippen molar-refractivity contribution in [3.8, 4) is 11.9 Å². The predicted molar refractivity (Wildman–Crippen MR) is 160 cm³/mol. The van der Waals surface area contributed by atoms with Crippen molar-refractivity contribution in [2.45, 2.75) is 52.0 Å². The molecule has 1 fully saturated rings. The van der Waals surface area contributed by atoms with Crippen molar-refractivity contribution in [1.29, 1.82) is 5.26 Å². The van der Waals surface area contributed by atoms with E-state index in [1.165, 1.54) is 0 Å². The van der Waals surface area contributed by atoms with Crippen LogP contribution in [-0.2, 0) is 26.2 Å².